The first-order valence-electron chi connectivity index (χ1n) is 9.76. The summed E-state index contributed by atoms with van der Waals surface area (Å²) in [4.78, 5) is 14.4. The highest BCUT2D eigenvalue weighted by molar-refractivity contribution is 6.30. The van der Waals surface area contributed by atoms with Crippen molar-refractivity contribution < 1.29 is 0 Å². The molecule has 1 aliphatic rings. The molecule has 3 heterocycles. The molecule has 0 radical (unpaired) electrons. The van der Waals surface area contributed by atoms with Gasteiger partial charge in [-0.3, -0.25) is 0 Å². The van der Waals surface area contributed by atoms with Crippen LogP contribution in [0.3, 0.4) is 0 Å². The SMILES string of the molecule is Cc1c[nH]c2ncnc(N3CCC(N)(CN[C@@H](C)c4ccc(Cl)cc4)CC3)c12. The summed E-state index contributed by atoms with van der Waals surface area (Å²) in [5.74, 6) is 1.01. The Labute approximate surface area is 170 Å². The number of anilines is 1. The van der Waals surface area contributed by atoms with Gasteiger partial charge in [0.05, 0.1) is 5.39 Å². The van der Waals surface area contributed by atoms with Gasteiger partial charge in [0.25, 0.3) is 0 Å². The van der Waals surface area contributed by atoms with E-state index in [0.717, 1.165) is 54.3 Å². The molecule has 1 aromatic carbocycles. The number of nitrogens with one attached hydrogen (secondary N) is 2. The number of hydrogen-bond donors (Lipinski definition) is 3. The third-order valence-corrected chi connectivity index (χ3v) is 6.09. The van der Waals surface area contributed by atoms with Crippen LogP contribution in [0.25, 0.3) is 11.0 Å². The Hall–Kier alpha value is -2.15. The molecular formula is C21H27ClN6. The number of H-pyrrole nitrogens is 1. The van der Waals surface area contributed by atoms with Crippen molar-refractivity contribution in [1.29, 1.82) is 0 Å². The molecule has 0 saturated carbocycles. The van der Waals surface area contributed by atoms with E-state index in [4.69, 9.17) is 17.3 Å². The second-order valence-corrected chi connectivity index (χ2v) is 8.33. The zero-order valence-corrected chi connectivity index (χ0v) is 17.1. The lowest BCUT2D eigenvalue weighted by Crippen LogP contribution is -2.56. The summed E-state index contributed by atoms with van der Waals surface area (Å²) < 4.78 is 0. The number of piperidine rings is 1. The minimum absolute atomic E-state index is 0.212. The van der Waals surface area contributed by atoms with Crippen LogP contribution in [0.2, 0.25) is 5.02 Å². The molecule has 4 rings (SSSR count). The Morgan fingerprint density at radius 2 is 1.96 bits per heavy atom. The summed E-state index contributed by atoms with van der Waals surface area (Å²) in [6.07, 6.45) is 5.46. The first-order valence-corrected chi connectivity index (χ1v) is 10.1. The Morgan fingerprint density at radius 1 is 1.25 bits per heavy atom. The maximum atomic E-state index is 6.72. The van der Waals surface area contributed by atoms with Crippen molar-refractivity contribution in [2.45, 2.75) is 38.3 Å². The molecule has 0 spiro atoms. The molecule has 4 N–H and O–H groups in total. The third kappa shape index (κ3) is 3.85. The number of rotatable bonds is 5. The monoisotopic (exact) mass is 398 g/mol. The van der Waals surface area contributed by atoms with Gasteiger partial charge in [0.15, 0.2) is 0 Å². The Kier molecular flexibility index (Phi) is 5.27. The Morgan fingerprint density at radius 3 is 2.68 bits per heavy atom. The zero-order valence-electron chi connectivity index (χ0n) is 16.4. The van der Waals surface area contributed by atoms with Crippen LogP contribution in [-0.2, 0) is 0 Å². The fourth-order valence-electron chi connectivity index (χ4n) is 3.90. The number of aromatic nitrogens is 3. The molecule has 1 aliphatic heterocycles. The van der Waals surface area contributed by atoms with Gasteiger partial charge >= 0.3 is 0 Å². The molecule has 1 fully saturated rings. The third-order valence-electron chi connectivity index (χ3n) is 5.84. The average Bonchev–Trinajstić information content (AvgIpc) is 3.09. The molecule has 1 atom stereocenters. The number of nitrogens with two attached hydrogens (primary N) is 1. The fraction of sp³-hybridized carbons (Fsp3) is 0.429. The summed E-state index contributed by atoms with van der Waals surface area (Å²) >= 11 is 5.98. The summed E-state index contributed by atoms with van der Waals surface area (Å²) in [6, 6.07) is 8.21. The Balaban J connectivity index is 1.38. The van der Waals surface area contributed by atoms with Gasteiger partial charge in [0, 0.05) is 42.4 Å². The van der Waals surface area contributed by atoms with Gasteiger partial charge in [-0.2, -0.15) is 0 Å². The van der Waals surface area contributed by atoms with Crippen molar-refractivity contribution in [3.63, 3.8) is 0 Å². The lowest BCUT2D eigenvalue weighted by Gasteiger charge is -2.40. The van der Waals surface area contributed by atoms with Gasteiger partial charge in [-0.15, -0.1) is 0 Å². The van der Waals surface area contributed by atoms with E-state index in [9.17, 15) is 0 Å². The molecule has 7 heteroatoms. The van der Waals surface area contributed by atoms with Crippen molar-refractivity contribution in [1.82, 2.24) is 20.3 Å². The van der Waals surface area contributed by atoms with Gasteiger partial charge in [0.2, 0.25) is 0 Å². The molecule has 6 nitrogen and oxygen atoms in total. The lowest BCUT2D eigenvalue weighted by molar-refractivity contribution is 0.306. The molecule has 0 bridgehead atoms. The van der Waals surface area contributed by atoms with Crippen molar-refractivity contribution >= 4 is 28.5 Å². The van der Waals surface area contributed by atoms with E-state index in [1.807, 2.05) is 18.3 Å². The van der Waals surface area contributed by atoms with Crippen LogP contribution in [0.15, 0.2) is 36.8 Å². The number of aryl methyl sites for hydroxylation is 1. The van der Waals surface area contributed by atoms with E-state index in [-0.39, 0.29) is 11.6 Å². The second-order valence-electron chi connectivity index (χ2n) is 7.90. The maximum absolute atomic E-state index is 6.72. The topological polar surface area (TPSA) is 82.9 Å². The van der Waals surface area contributed by atoms with Gasteiger partial charge in [-0.1, -0.05) is 23.7 Å². The van der Waals surface area contributed by atoms with Crippen molar-refractivity contribution in [2.24, 2.45) is 5.73 Å². The first kappa shape index (κ1) is 19.2. The largest absolute Gasteiger partial charge is 0.356 e. The summed E-state index contributed by atoms with van der Waals surface area (Å²) in [5.41, 5.74) is 9.80. The fourth-order valence-corrected chi connectivity index (χ4v) is 4.03. The summed E-state index contributed by atoms with van der Waals surface area (Å²) in [5, 5.41) is 5.47. The predicted octanol–water partition coefficient (Wildman–Crippen LogP) is 3.57. The molecule has 0 amide bonds. The van der Waals surface area contributed by atoms with Crippen LogP contribution in [0.5, 0.6) is 0 Å². The Bertz CT molecular complexity index is 943. The van der Waals surface area contributed by atoms with Gasteiger partial charge in [-0.25, -0.2) is 9.97 Å². The highest BCUT2D eigenvalue weighted by Crippen LogP contribution is 2.30. The highest BCUT2D eigenvalue weighted by Gasteiger charge is 2.32. The molecule has 0 aliphatic carbocycles. The van der Waals surface area contributed by atoms with Crippen molar-refractivity contribution in [2.75, 3.05) is 24.5 Å². The number of hydrogen-bond acceptors (Lipinski definition) is 5. The number of aromatic amines is 1. The molecular weight excluding hydrogens is 372 g/mol. The lowest BCUT2D eigenvalue weighted by atomic mass is 9.88. The van der Waals surface area contributed by atoms with E-state index >= 15 is 0 Å². The molecule has 28 heavy (non-hydrogen) atoms. The number of benzene rings is 1. The van der Waals surface area contributed by atoms with Crippen molar-refractivity contribution in [3.05, 3.63) is 52.9 Å². The van der Waals surface area contributed by atoms with E-state index in [2.05, 4.69) is 51.1 Å². The van der Waals surface area contributed by atoms with E-state index < -0.39 is 0 Å². The quantitative estimate of drug-likeness (QED) is 0.612. The van der Waals surface area contributed by atoms with E-state index in [1.54, 1.807) is 6.33 Å². The average molecular weight is 399 g/mol. The van der Waals surface area contributed by atoms with E-state index in [0.29, 0.717) is 0 Å². The normalized spacial score (nSPS) is 17.8. The summed E-state index contributed by atoms with van der Waals surface area (Å²) in [6.45, 7) is 6.82. The second kappa shape index (κ2) is 7.70. The standard InChI is InChI=1S/C21H27ClN6/c1-14-11-24-19-18(14)20(27-13-26-19)28-9-7-21(23,8-10-28)12-25-15(2)16-3-5-17(22)6-4-16/h3-6,11,13,15,25H,7-10,12,23H2,1-2H3,(H,24,26,27)/t15-/m0/s1. The molecule has 2 aromatic heterocycles. The predicted molar refractivity (Wildman–Crippen MR) is 115 cm³/mol. The highest BCUT2D eigenvalue weighted by atomic mass is 35.5. The maximum Gasteiger partial charge on any atom is 0.143 e. The molecule has 3 aromatic rings. The molecule has 0 unspecified atom stereocenters. The van der Waals surface area contributed by atoms with Crippen molar-refractivity contribution in [3.8, 4) is 0 Å². The minimum atomic E-state index is -0.212. The summed E-state index contributed by atoms with van der Waals surface area (Å²) in [7, 11) is 0. The van der Waals surface area contributed by atoms with Gasteiger partial charge in [-0.05, 0) is 49.9 Å². The number of fused-ring (bicyclic) bond motifs is 1. The molecule has 1 saturated heterocycles. The van der Waals surface area contributed by atoms with Gasteiger partial charge in [0.1, 0.15) is 17.8 Å². The van der Waals surface area contributed by atoms with Crippen LogP contribution in [0, 0.1) is 6.92 Å². The van der Waals surface area contributed by atoms with Crippen LogP contribution in [-0.4, -0.2) is 40.1 Å². The minimum Gasteiger partial charge on any atom is -0.356 e. The van der Waals surface area contributed by atoms with Crippen LogP contribution in [0.1, 0.15) is 36.9 Å². The van der Waals surface area contributed by atoms with Gasteiger partial charge < -0.3 is 20.9 Å². The van der Waals surface area contributed by atoms with Crippen LogP contribution >= 0.6 is 11.6 Å². The van der Waals surface area contributed by atoms with Crippen LogP contribution < -0.4 is 16.0 Å². The van der Waals surface area contributed by atoms with E-state index in [1.165, 1.54) is 11.1 Å². The van der Waals surface area contributed by atoms with Crippen LogP contribution in [0.4, 0.5) is 5.82 Å². The molecule has 148 valence electrons. The first-order chi connectivity index (χ1) is 13.5. The number of halogens is 1. The number of nitrogens with zero attached hydrogens (tertiary/aromatic N) is 3. The zero-order chi connectivity index (χ0) is 19.7. The smallest absolute Gasteiger partial charge is 0.143 e.